The van der Waals surface area contributed by atoms with Gasteiger partial charge in [0.05, 0.1) is 24.3 Å². The van der Waals surface area contributed by atoms with E-state index >= 15 is 0 Å². The fourth-order valence-electron chi connectivity index (χ4n) is 3.45. The summed E-state index contributed by atoms with van der Waals surface area (Å²) in [6, 6.07) is 5.96. The number of carbonyl (C=O) groups is 2. The Morgan fingerprint density at radius 1 is 1.29 bits per heavy atom. The minimum Gasteiger partial charge on any atom is -0.383 e. The van der Waals surface area contributed by atoms with Crippen molar-refractivity contribution in [2.24, 2.45) is 0 Å². The van der Waals surface area contributed by atoms with Gasteiger partial charge in [-0.2, -0.15) is 0 Å². The second kappa shape index (κ2) is 9.29. The van der Waals surface area contributed by atoms with Crippen LogP contribution in [0.1, 0.15) is 12.8 Å². The number of benzene rings is 1. The first-order valence-electron chi connectivity index (χ1n) is 9.72. The van der Waals surface area contributed by atoms with Crippen molar-refractivity contribution >= 4 is 45.1 Å². The first kappa shape index (κ1) is 21.7. The molecule has 2 aromatic heterocycles. The molecule has 1 fully saturated rings. The third-order valence-electron chi connectivity index (χ3n) is 5.03. The van der Waals surface area contributed by atoms with Crippen LogP contribution in [0.25, 0.3) is 21.3 Å². The highest BCUT2D eigenvalue weighted by molar-refractivity contribution is 7.99. The Morgan fingerprint density at radius 2 is 2.06 bits per heavy atom. The van der Waals surface area contributed by atoms with Crippen molar-refractivity contribution < 1.29 is 18.7 Å². The molecular weight excluding hydrogens is 441 g/mol. The Balaban J connectivity index is 1.70. The molecular formula is C21H20FN3O4S2. The van der Waals surface area contributed by atoms with E-state index in [1.165, 1.54) is 32.9 Å². The zero-order valence-electron chi connectivity index (χ0n) is 16.8. The van der Waals surface area contributed by atoms with Crippen molar-refractivity contribution in [3.05, 3.63) is 45.8 Å². The lowest BCUT2D eigenvalue weighted by Gasteiger charge is -2.15. The van der Waals surface area contributed by atoms with Crippen LogP contribution in [0.2, 0.25) is 0 Å². The van der Waals surface area contributed by atoms with Gasteiger partial charge in [0.1, 0.15) is 10.6 Å². The van der Waals surface area contributed by atoms with E-state index in [0.717, 1.165) is 17.3 Å². The Hall–Kier alpha value is -2.56. The van der Waals surface area contributed by atoms with Gasteiger partial charge in [0.25, 0.3) is 5.56 Å². The molecule has 0 aliphatic carbocycles. The molecule has 0 saturated carbocycles. The molecule has 3 heterocycles. The molecule has 1 saturated heterocycles. The molecule has 0 N–H and O–H groups in total. The van der Waals surface area contributed by atoms with Gasteiger partial charge in [0.2, 0.25) is 11.8 Å². The fraction of sp³-hybridized carbons (Fsp3) is 0.333. The molecule has 0 unspecified atom stereocenters. The van der Waals surface area contributed by atoms with Gasteiger partial charge in [-0.05, 0) is 24.1 Å². The monoisotopic (exact) mass is 461 g/mol. The minimum absolute atomic E-state index is 0.0207. The molecule has 0 radical (unpaired) electrons. The molecule has 31 heavy (non-hydrogen) atoms. The van der Waals surface area contributed by atoms with Crippen LogP contribution in [0.5, 0.6) is 0 Å². The van der Waals surface area contributed by atoms with E-state index in [4.69, 9.17) is 4.74 Å². The minimum atomic E-state index is -0.348. The number of thioether (sulfide) groups is 1. The number of thiophene rings is 1. The summed E-state index contributed by atoms with van der Waals surface area (Å²) in [5.74, 6) is -0.766. The maximum atomic E-state index is 13.4. The van der Waals surface area contributed by atoms with Crippen LogP contribution in [0.15, 0.2) is 39.6 Å². The van der Waals surface area contributed by atoms with Gasteiger partial charge in [-0.3, -0.25) is 23.9 Å². The SMILES string of the molecule is COCCn1c(SCC(=O)N2CCCC2=O)nc2scc(-c3ccc(F)cc3)c2c1=O. The first-order chi connectivity index (χ1) is 15.0. The number of fused-ring (bicyclic) bond motifs is 1. The van der Waals surface area contributed by atoms with Crippen molar-refractivity contribution in [1.82, 2.24) is 14.5 Å². The molecule has 162 valence electrons. The summed E-state index contributed by atoms with van der Waals surface area (Å²) >= 11 is 2.46. The fourth-order valence-corrected chi connectivity index (χ4v) is 5.34. The molecule has 7 nitrogen and oxygen atoms in total. The number of amides is 2. The number of imide groups is 1. The topological polar surface area (TPSA) is 81.5 Å². The molecule has 10 heteroatoms. The summed E-state index contributed by atoms with van der Waals surface area (Å²) in [6.07, 6.45) is 1.07. The van der Waals surface area contributed by atoms with Crippen LogP contribution in [0.4, 0.5) is 4.39 Å². The van der Waals surface area contributed by atoms with E-state index in [1.54, 1.807) is 19.2 Å². The summed E-state index contributed by atoms with van der Waals surface area (Å²) in [5.41, 5.74) is 1.18. The maximum Gasteiger partial charge on any atom is 0.263 e. The van der Waals surface area contributed by atoms with Crippen LogP contribution in [0, 0.1) is 5.82 Å². The lowest BCUT2D eigenvalue weighted by atomic mass is 10.1. The lowest BCUT2D eigenvalue weighted by molar-refractivity contribution is -0.140. The summed E-state index contributed by atoms with van der Waals surface area (Å²) < 4.78 is 20.0. The number of nitrogens with zero attached hydrogens (tertiary/aromatic N) is 3. The predicted octanol–water partition coefficient (Wildman–Crippen LogP) is 3.15. The number of hydrogen-bond acceptors (Lipinski definition) is 7. The normalized spacial score (nSPS) is 14.0. The summed E-state index contributed by atoms with van der Waals surface area (Å²) in [6.45, 7) is 1.01. The molecule has 0 spiro atoms. The van der Waals surface area contributed by atoms with E-state index in [-0.39, 0.29) is 35.5 Å². The number of rotatable bonds is 7. The van der Waals surface area contributed by atoms with Crippen LogP contribution < -0.4 is 5.56 Å². The number of ether oxygens (including phenoxy) is 1. The van der Waals surface area contributed by atoms with Gasteiger partial charge >= 0.3 is 0 Å². The van der Waals surface area contributed by atoms with E-state index in [1.807, 2.05) is 5.38 Å². The molecule has 3 aromatic rings. The van der Waals surface area contributed by atoms with Crippen LogP contribution in [-0.2, 0) is 20.9 Å². The third-order valence-corrected chi connectivity index (χ3v) is 6.87. The second-order valence-electron chi connectivity index (χ2n) is 7.01. The Kier molecular flexibility index (Phi) is 6.49. The highest BCUT2D eigenvalue weighted by Crippen LogP contribution is 2.32. The smallest absolute Gasteiger partial charge is 0.263 e. The Bertz CT molecular complexity index is 1190. The number of methoxy groups -OCH3 is 1. The third kappa shape index (κ3) is 4.41. The van der Waals surface area contributed by atoms with Gasteiger partial charge in [0, 0.05) is 31.0 Å². The summed E-state index contributed by atoms with van der Waals surface area (Å²) in [7, 11) is 1.54. The highest BCUT2D eigenvalue weighted by Gasteiger charge is 2.27. The number of aromatic nitrogens is 2. The summed E-state index contributed by atoms with van der Waals surface area (Å²) in [4.78, 5) is 44.1. The number of likely N-dealkylation sites (tertiary alicyclic amines) is 1. The second-order valence-corrected chi connectivity index (χ2v) is 8.81. The van der Waals surface area contributed by atoms with Crippen molar-refractivity contribution in [2.45, 2.75) is 24.5 Å². The van der Waals surface area contributed by atoms with E-state index < -0.39 is 0 Å². The van der Waals surface area contributed by atoms with Gasteiger partial charge in [-0.25, -0.2) is 9.37 Å². The first-order valence-corrected chi connectivity index (χ1v) is 11.6. The standard InChI is InChI=1S/C21H20FN3O4S2/c1-29-10-9-25-20(28)18-15(13-4-6-14(22)7-5-13)11-30-19(18)23-21(25)31-12-17(27)24-8-2-3-16(24)26/h4-7,11H,2-3,8-10,12H2,1H3. The molecule has 2 amide bonds. The van der Waals surface area contributed by atoms with Crippen LogP contribution >= 0.6 is 23.1 Å². The predicted molar refractivity (Wildman–Crippen MR) is 118 cm³/mol. The highest BCUT2D eigenvalue weighted by atomic mass is 32.2. The molecule has 0 atom stereocenters. The van der Waals surface area contributed by atoms with E-state index in [0.29, 0.717) is 46.9 Å². The molecule has 0 bridgehead atoms. The lowest BCUT2D eigenvalue weighted by Crippen LogP contribution is -2.33. The zero-order valence-corrected chi connectivity index (χ0v) is 18.4. The van der Waals surface area contributed by atoms with Gasteiger partial charge < -0.3 is 4.74 Å². The molecule has 4 rings (SSSR count). The Labute approximate surface area is 185 Å². The van der Waals surface area contributed by atoms with Crippen LogP contribution in [-0.4, -0.2) is 52.3 Å². The van der Waals surface area contributed by atoms with Gasteiger partial charge in [0.15, 0.2) is 5.16 Å². The van der Waals surface area contributed by atoms with Crippen molar-refractivity contribution in [3.8, 4) is 11.1 Å². The largest absolute Gasteiger partial charge is 0.383 e. The molecule has 1 aliphatic rings. The molecule has 1 aliphatic heterocycles. The van der Waals surface area contributed by atoms with Gasteiger partial charge in [-0.15, -0.1) is 11.3 Å². The average Bonchev–Trinajstić information content (AvgIpc) is 3.38. The van der Waals surface area contributed by atoms with Crippen molar-refractivity contribution in [1.29, 1.82) is 0 Å². The Morgan fingerprint density at radius 3 is 2.74 bits per heavy atom. The molecule has 1 aromatic carbocycles. The number of hydrogen-bond donors (Lipinski definition) is 0. The quantitative estimate of drug-likeness (QED) is 0.397. The average molecular weight is 462 g/mol. The van der Waals surface area contributed by atoms with E-state index in [9.17, 15) is 18.8 Å². The number of carbonyl (C=O) groups excluding carboxylic acids is 2. The van der Waals surface area contributed by atoms with Gasteiger partial charge in [-0.1, -0.05) is 23.9 Å². The van der Waals surface area contributed by atoms with E-state index in [2.05, 4.69) is 4.98 Å². The van der Waals surface area contributed by atoms with Crippen molar-refractivity contribution in [3.63, 3.8) is 0 Å². The summed E-state index contributed by atoms with van der Waals surface area (Å²) in [5, 5.41) is 2.69. The zero-order chi connectivity index (χ0) is 22.0. The van der Waals surface area contributed by atoms with Crippen molar-refractivity contribution in [2.75, 3.05) is 26.0 Å². The van der Waals surface area contributed by atoms with Crippen LogP contribution in [0.3, 0.4) is 0 Å². The number of halogens is 1. The maximum absolute atomic E-state index is 13.4.